The van der Waals surface area contributed by atoms with E-state index in [0.29, 0.717) is 13.0 Å². The van der Waals surface area contributed by atoms with Crippen molar-refractivity contribution in [2.75, 3.05) is 18.4 Å². The highest BCUT2D eigenvalue weighted by atomic mass is 35.5. The monoisotopic (exact) mass is 286 g/mol. The molecule has 9 heteroatoms. The number of rotatable bonds is 3. The minimum atomic E-state index is -0.994. The molecule has 1 amide bonds. The Morgan fingerprint density at radius 3 is 3.00 bits per heavy atom. The van der Waals surface area contributed by atoms with Gasteiger partial charge < -0.3 is 15.3 Å². The van der Waals surface area contributed by atoms with Crippen LogP contribution in [0.15, 0.2) is 12.3 Å². The molecule has 1 aliphatic heterocycles. The number of carboxylic acid groups (broad SMARTS) is 1. The summed E-state index contributed by atoms with van der Waals surface area (Å²) in [6.45, 7) is 0.687. The third-order valence-electron chi connectivity index (χ3n) is 2.88. The van der Waals surface area contributed by atoms with Gasteiger partial charge in [-0.05, 0) is 12.5 Å². The van der Waals surface area contributed by atoms with Crippen LogP contribution < -0.4 is 5.32 Å². The van der Waals surface area contributed by atoms with Crippen LogP contribution in [0.1, 0.15) is 6.42 Å². The van der Waals surface area contributed by atoms with E-state index < -0.39 is 11.0 Å². The van der Waals surface area contributed by atoms with Crippen molar-refractivity contribution in [2.45, 2.75) is 12.5 Å². The van der Waals surface area contributed by atoms with Gasteiger partial charge in [0.2, 0.25) is 5.15 Å². The lowest BCUT2D eigenvalue weighted by atomic mass is 10.2. The second kappa shape index (κ2) is 5.27. The number of nitro groups is 1. The molecule has 0 spiro atoms. The number of nitrogens with zero attached hydrogens (tertiary/aromatic N) is 3. The Balaban J connectivity index is 2.14. The number of anilines is 1. The number of pyridine rings is 1. The second-order valence-corrected chi connectivity index (χ2v) is 4.47. The zero-order chi connectivity index (χ0) is 14.0. The maximum absolute atomic E-state index is 10.9. The van der Waals surface area contributed by atoms with Crippen LogP contribution in [-0.2, 0) is 0 Å². The van der Waals surface area contributed by atoms with Crippen molar-refractivity contribution < 1.29 is 14.8 Å². The van der Waals surface area contributed by atoms with E-state index in [1.807, 2.05) is 0 Å². The van der Waals surface area contributed by atoms with Crippen LogP contribution in [0.25, 0.3) is 0 Å². The summed E-state index contributed by atoms with van der Waals surface area (Å²) in [5, 5.41) is 22.5. The molecule has 19 heavy (non-hydrogen) atoms. The summed E-state index contributed by atoms with van der Waals surface area (Å²) < 4.78 is 0. The lowest BCUT2D eigenvalue weighted by Crippen LogP contribution is -2.30. The Labute approximate surface area is 113 Å². The lowest BCUT2D eigenvalue weighted by Gasteiger charge is -2.15. The second-order valence-electron chi connectivity index (χ2n) is 4.11. The van der Waals surface area contributed by atoms with Crippen LogP contribution in [0, 0.1) is 10.1 Å². The predicted octanol–water partition coefficient (Wildman–Crippen LogP) is 1.81. The van der Waals surface area contributed by atoms with Gasteiger partial charge in [0.05, 0.1) is 4.92 Å². The molecule has 0 bridgehead atoms. The molecule has 1 aliphatic rings. The molecule has 2 heterocycles. The van der Waals surface area contributed by atoms with E-state index in [2.05, 4.69) is 10.3 Å². The minimum Gasteiger partial charge on any atom is -0.465 e. The Bertz CT molecular complexity index is 524. The quantitative estimate of drug-likeness (QED) is 0.498. The highest BCUT2D eigenvalue weighted by Crippen LogP contribution is 2.31. The third kappa shape index (κ3) is 2.84. The van der Waals surface area contributed by atoms with Gasteiger partial charge in [-0.2, -0.15) is 0 Å². The van der Waals surface area contributed by atoms with Crippen LogP contribution >= 0.6 is 11.6 Å². The van der Waals surface area contributed by atoms with E-state index in [1.165, 1.54) is 17.2 Å². The van der Waals surface area contributed by atoms with Gasteiger partial charge in [0.15, 0.2) is 0 Å². The molecule has 1 aromatic heterocycles. The van der Waals surface area contributed by atoms with Crippen LogP contribution in [0.5, 0.6) is 0 Å². The molecule has 1 fully saturated rings. The van der Waals surface area contributed by atoms with Gasteiger partial charge in [-0.25, -0.2) is 9.78 Å². The van der Waals surface area contributed by atoms with Gasteiger partial charge in [0.25, 0.3) is 0 Å². The van der Waals surface area contributed by atoms with Gasteiger partial charge >= 0.3 is 11.8 Å². The normalized spacial score (nSPS) is 18.4. The van der Waals surface area contributed by atoms with E-state index >= 15 is 0 Å². The summed E-state index contributed by atoms with van der Waals surface area (Å²) in [6.07, 6.45) is 0.955. The topological polar surface area (TPSA) is 109 Å². The first-order valence-corrected chi connectivity index (χ1v) is 5.90. The van der Waals surface area contributed by atoms with Crippen LogP contribution in [0.3, 0.4) is 0 Å². The van der Waals surface area contributed by atoms with E-state index in [0.717, 1.165) is 0 Å². The molecular formula is C10H11ClN4O4. The number of amides is 1. The minimum absolute atomic E-state index is 0.173. The Kier molecular flexibility index (Phi) is 3.70. The first kappa shape index (κ1) is 13.3. The maximum Gasteiger partial charge on any atom is 0.407 e. The average Bonchev–Trinajstić information content (AvgIpc) is 2.77. The Morgan fingerprint density at radius 1 is 1.68 bits per heavy atom. The molecule has 0 aliphatic carbocycles. The molecule has 1 unspecified atom stereocenters. The van der Waals surface area contributed by atoms with E-state index in [9.17, 15) is 14.9 Å². The predicted molar refractivity (Wildman–Crippen MR) is 67.5 cm³/mol. The van der Waals surface area contributed by atoms with E-state index in [1.54, 1.807) is 0 Å². The van der Waals surface area contributed by atoms with Crippen molar-refractivity contribution in [2.24, 2.45) is 0 Å². The zero-order valence-electron chi connectivity index (χ0n) is 9.74. The molecular weight excluding hydrogens is 276 g/mol. The molecule has 1 saturated heterocycles. The number of nitrogens with one attached hydrogen (secondary N) is 1. The van der Waals surface area contributed by atoms with Crippen molar-refractivity contribution in [1.82, 2.24) is 9.88 Å². The maximum atomic E-state index is 10.9. The van der Waals surface area contributed by atoms with Gasteiger partial charge in [0.1, 0.15) is 5.69 Å². The number of carbonyl (C=O) groups is 1. The van der Waals surface area contributed by atoms with Gasteiger partial charge in [-0.15, -0.1) is 0 Å². The summed E-state index contributed by atoms with van der Waals surface area (Å²) in [5.74, 6) is 0. The number of likely N-dealkylation sites (tertiary alicyclic amines) is 1. The van der Waals surface area contributed by atoms with Crippen LogP contribution in [0.2, 0.25) is 5.15 Å². The fourth-order valence-corrected chi connectivity index (χ4v) is 2.22. The molecule has 1 aromatic rings. The summed E-state index contributed by atoms with van der Waals surface area (Å²) >= 11 is 5.69. The number of hydrogen-bond acceptors (Lipinski definition) is 5. The fraction of sp³-hybridized carbons (Fsp3) is 0.400. The summed E-state index contributed by atoms with van der Waals surface area (Å²) in [6, 6.07) is 1.28. The smallest absolute Gasteiger partial charge is 0.407 e. The number of halogens is 1. The van der Waals surface area contributed by atoms with Crippen molar-refractivity contribution in [3.63, 3.8) is 0 Å². The van der Waals surface area contributed by atoms with Crippen LogP contribution in [-0.4, -0.2) is 45.1 Å². The fourth-order valence-electron chi connectivity index (χ4n) is 1.99. The number of aromatic nitrogens is 1. The SMILES string of the molecule is O=C(O)N1CCC(Nc2ccnc(Cl)c2[N+](=O)[O-])C1. The zero-order valence-corrected chi connectivity index (χ0v) is 10.5. The van der Waals surface area contributed by atoms with Gasteiger partial charge in [0, 0.05) is 25.3 Å². The molecule has 8 nitrogen and oxygen atoms in total. The average molecular weight is 287 g/mol. The molecule has 102 valence electrons. The van der Waals surface area contributed by atoms with Crippen molar-refractivity contribution in [3.8, 4) is 0 Å². The van der Waals surface area contributed by atoms with Crippen LogP contribution in [0.4, 0.5) is 16.2 Å². The van der Waals surface area contributed by atoms with E-state index in [4.69, 9.17) is 16.7 Å². The number of hydrogen-bond donors (Lipinski definition) is 2. The van der Waals surface area contributed by atoms with Gasteiger partial charge in [-0.3, -0.25) is 10.1 Å². The van der Waals surface area contributed by atoms with Crippen molar-refractivity contribution >= 4 is 29.1 Å². The highest BCUT2D eigenvalue weighted by molar-refractivity contribution is 6.32. The first-order chi connectivity index (χ1) is 8.99. The molecule has 0 aromatic carbocycles. The molecule has 2 rings (SSSR count). The van der Waals surface area contributed by atoms with Gasteiger partial charge in [-0.1, -0.05) is 11.6 Å². The van der Waals surface area contributed by atoms with Crippen molar-refractivity contribution in [1.29, 1.82) is 0 Å². The van der Waals surface area contributed by atoms with Crippen molar-refractivity contribution in [3.05, 3.63) is 27.5 Å². The Hall–Kier alpha value is -2.09. The molecule has 0 radical (unpaired) electrons. The first-order valence-electron chi connectivity index (χ1n) is 5.52. The molecule has 2 N–H and O–H groups in total. The Morgan fingerprint density at radius 2 is 2.42 bits per heavy atom. The largest absolute Gasteiger partial charge is 0.465 e. The molecule has 1 atom stereocenters. The highest BCUT2D eigenvalue weighted by Gasteiger charge is 2.28. The summed E-state index contributed by atoms with van der Waals surface area (Å²) in [7, 11) is 0. The molecule has 0 saturated carbocycles. The standard InChI is InChI=1S/C10H11ClN4O4/c11-9-8(15(18)19)7(1-3-12-9)13-6-2-4-14(5-6)10(16)17/h1,3,6H,2,4-5H2,(H,12,13)(H,16,17). The summed E-state index contributed by atoms with van der Waals surface area (Å²) in [4.78, 5) is 26.0. The third-order valence-corrected chi connectivity index (χ3v) is 3.16. The van der Waals surface area contributed by atoms with E-state index in [-0.39, 0.29) is 29.1 Å². The summed E-state index contributed by atoms with van der Waals surface area (Å²) in [5.41, 5.74) is -0.0415. The lowest BCUT2D eigenvalue weighted by molar-refractivity contribution is -0.384.